The second-order valence-electron chi connectivity index (χ2n) is 4.89. The molecule has 1 aromatic rings. The van der Waals surface area contributed by atoms with Gasteiger partial charge in [-0.25, -0.2) is 13.1 Å². The number of rotatable bonds is 8. The van der Waals surface area contributed by atoms with Crippen LogP contribution < -0.4 is 10.0 Å². The predicted molar refractivity (Wildman–Crippen MR) is 83.1 cm³/mol. The van der Waals surface area contributed by atoms with Crippen molar-refractivity contribution in [2.45, 2.75) is 37.5 Å². The molecule has 7 heteroatoms. The molecular formula is C12H19BrN2O2S2. The summed E-state index contributed by atoms with van der Waals surface area (Å²) in [5.41, 5.74) is 0. The summed E-state index contributed by atoms with van der Waals surface area (Å²) in [5, 5.41) is 2.86. The molecule has 108 valence electrons. The standard InChI is InChI=1S/C12H19BrN2O2S2/c1-9(8-14-10-2-3-10)19(16,17)15-7-6-11-4-5-12(13)18-11/h4-5,9-10,14-15H,2-3,6-8H2,1H3. The lowest BCUT2D eigenvalue weighted by molar-refractivity contribution is 0.557. The van der Waals surface area contributed by atoms with Gasteiger partial charge in [0.25, 0.3) is 0 Å². The van der Waals surface area contributed by atoms with Crippen molar-refractivity contribution in [1.82, 2.24) is 10.0 Å². The Labute approximate surface area is 127 Å². The van der Waals surface area contributed by atoms with Gasteiger partial charge in [-0.05, 0) is 54.2 Å². The smallest absolute Gasteiger partial charge is 0.215 e. The summed E-state index contributed by atoms with van der Waals surface area (Å²) in [5.74, 6) is 0. The molecule has 0 bridgehead atoms. The highest BCUT2D eigenvalue weighted by Gasteiger charge is 2.25. The fourth-order valence-corrected chi connectivity index (χ4v) is 4.14. The van der Waals surface area contributed by atoms with Crippen molar-refractivity contribution in [2.24, 2.45) is 0 Å². The highest BCUT2D eigenvalue weighted by molar-refractivity contribution is 9.11. The van der Waals surface area contributed by atoms with E-state index in [0.717, 1.165) is 10.2 Å². The zero-order valence-corrected chi connectivity index (χ0v) is 14.1. The first kappa shape index (κ1) is 15.4. The van der Waals surface area contributed by atoms with Crippen LogP contribution in [0.2, 0.25) is 0 Å². The third-order valence-corrected chi connectivity index (χ3v) is 6.62. The average Bonchev–Trinajstić information content (AvgIpc) is 3.09. The van der Waals surface area contributed by atoms with Crippen LogP contribution in [-0.4, -0.2) is 32.8 Å². The first-order valence-electron chi connectivity index (χ1n) is 6.43. The Morgan fingerprint density at radius 3 is 2.79 bits per heavy atom. The number of hydrogen-bond acceptors (Lipinski definition) is 4. The van der Waals surface area contributed by atoms with Crippen LogP contribution in [0.5, 0.6) is 0 Å². The van der Waals surface area contributed by atoms with Crippen molar-refractivity contribution in [3.63, 3.8) is 0 Å². The van der Waals surface area contributed by atoms with Crippen molar-refractivity contribution in [1.29, 1.82) is 0 Å². The van der Waals surface area contributed by atoms with Crippen molar-refractivity contribution in [3.05, 3.63) is 20.8 Å². The SMILES string of the molecule is CC(CNC1CC1)S(=O)(=O)NCCc1ccc(Br)s1. The third-order valence-electron chi connectivity index (χ3n) is 3.10. The molecule has 1 fully saturated rings. The Kier molecular flexibility index (Phi) is 5.42. The van der Waals surface area contributed by atoms with Crippen molar-refractivity contribution in [3.8, 4) is 0 Å². The first-order chi connectivity index (χ1) is 8.97. The van der Waals surface area contributed by atoms with Gasteiger partial charge in [-0.2, -0.15) is 0 Å². The van der Waals surface area contributed by atoms with E-state index in [0.29, 0.717) is 19.1 Å². The summed E-state index contributed by atoms with van der Waals surface area (Å²) in [6.07, 6.45) is 3.08. The number of hydrogen-bond donors (Lipinski definition) is 2. The van der Waals surface area contributed by atoms with Gasteiger partial charge in [-0.15, -0.1) is 11.3 Å². The highest BCUT2D eigenvalue weighted by atomic mass is 79.9. The topological polar surface area (TPSA) is 58.2 Å². The Bertz CT molecular complexity index is 512. The molecule has 0 aromatic carbocycles. The summed E-state index contributed by atoms with van der Waals surface area (Å²) >= 11 is 5.04. The third kappa shape index (κ3) is 5.15. The molecule has 2 rings (SSSR count). The van der Waals surface area contributed by atoms with Crippen LogP contribution in [0.15, 0.2) is 15.9 Å². The molecule has 19 heavy (non-hydrogen) atoms. The van der Waals surface area contributed by atoms with Gasteiger partial charge in [-0.3, -0.25) is 0 Å². The molecule has 1 atom stereocenters. The van der Waals surface area contributed by atoms with Gasteiger partial charge in [0, 0.05) is 24.0 Å². The molecule has 1 aliphatic rings. The van der Waals surface area contributed by atoms with Crippen molar-refractivity contribution in [2.75, 3.05) is 13.1 Å². The Morgan fingerprint density at radius 1 is 1.47 bits per heavy atom. The minimum atomic E-state index is -3.21. The lowest BCUT2D eigenvalue weighted by Crippen LogP contribution is -2.40. The molecule has 0 amide bonds. The minimum Gasteiger partial charge on any atom is -0.313 e. The van der Waals surface area contributed by atoms with Gasteiger partial charge in [0.1, 0.15) is 0 Å². The Morgan fingerprint density at radius 2 is 2.21 bits per heavy atom. The average molecular weight is 367 g/mol. The summed E-state index contributed by atoms with van der Waals surface area (Å²) < 4.78 is 27.8. The summed E-state index contributed by atoms with van der Waals surface area (Å²) in [6, 6.07) is 4.54. The van der Waals surface area contributed by atoms with E-state index in [1.165, 1.54) is 17.7 Å². The van der Waals surface area contributed by atoms with E-state index in [9.17, 15) is 8.42 Å². The normalized spacial score (nSPS) is 17.6. The molecule has 0 saturated heterocycles. The summed E-state index contributed by atoms with van der Waals surface area (Å²) in [4.78, 5) is 1.18. The fraction of sp³-hybridized carbons (Fsp3) is 0.667. The number of thiophene rings is 1. The maximum Gasteiger partial charge on any atom is 0.215 e. The van der Waals surface area contributed by atoms with Crippen molar-refractivity contribution < 1.29 is 8.42 Å². The van der Waals surface area contributed by atoms with E-state index in [1.807, 2.05) is 12.1 Å². The van der Waals surface area contributed by atoms with Gasteiger partial charge in [0.2, 0.25) is 10.0 Å². The minimum absolute atomic E-state index is 0.386. The van der Waals surface area contributed by atoms with E-state index < -0.39 is 10.0 Å². The van der Waals surface area contributed by atoms with E-state index >= 15 is 0 Å². The molecule has 0 radical (unpaired) electrons. The maximum absolute atomic E-state index is 12.0. The van der Waals surface area contributed by atoms with Crippen LogP contribution in [-0.2, 0) is 16.4 Å². The molecule has 1 heterocycles. The number of nitrogens with one attached hydrogen (secondary N) is 2. The van der Waals surface area contributed by atoms with Crippen LogP contribution in [0.4, 0.5) is 0 Å². The van der Waals surface area contributed by atoms with E-state index in [2.05, 4.69) is 26.0 Å². The lowest BCUT2D eigenvalue weighted by atomic mass is 10.3. The zero-order chi connectivity index (χ0) is 13.9. The van der Waals surface area contributed by atoms with E-state index in [4.69, 9.17) is 0 Å². The molecule has 2 N–H and O–H groups in total. The molecular weight excluding hydrogens is 348 g/mol. The second-order valence-corrected chi connectivity index (χ2v) is 9.62. The van der Waals surface area contributed by atoms with Crippen LogP contribution in [0.3, 0.4) is 0 Å². The van der Waals surface area contributed by atoms with Crippen LogP contribution in [0.1, 0.15) is 24.6 Å². The molecule has 1 unspecified atom stereocenters. The van der Waals surface area contributed by atoms with Crippen molar-refractivity contribution >= 4 is 37.3 Å². The van der Waals surface area contributed by atoms with Gasteiger partial charge in [0.15, 0.2) is 0 Å². The monoisotopic (exact) mass is 366 g/mol. The quantitative estimate of drug-likeness (QED) is 0.740. The largest absolute Gasteiger partial charge is 0.313 e. The molecule has 0 spiro atoms. The Balaban J connectivity index is 1.72. The number of sulfonamides is 1. The van der Waals surface area contributed by atoms with E-state index in [-0.39, 0.29) is 5.25 Å². The first-order valence-corrected chi connectivity index (χ1v) is 9.59. The maximum atomic E-state index is 12.0. The summed E-state index contributed by atoms with van der Waals surface area (Å²) in [7, 11) is -3.21. The highest BCUT2D eigenvalue weighted by Crippen LogP contribution is 2.22. The van der Waals surface area contributed by atoms with E-state index in [1.54, 1.807) is 18.3 Å². The van der Waals surface area contributed by atoms with Crippen LogP contribution >= 0.6 is 27.3 Å². The van der Waals surface area contributed by atoms with Gasteiger partial charge in [-0.1, -0.05) is 0 Å². The fourth-order valence-electron chi connectivity index (χ4n) is 1.67. The Hall–Kier alpha value is 0.0500. The molecule has 4 nitrogen and oxygen atoms in total. The molecule has 1 aliphatic carbocycles. The van der Waals surface area contributed by atoms with Gasteiger partial charge >= 0.3 is 0 Å². The zero-order valence-electron chi connectivity index (χ0n) is 10.9. The number of halogens is 1. The van der Waals surface area contributed by atoms with Crippen LogP contribution in [0.25, 0.3) is 0 Å². The van der Waals surface area contributed by atoms with Gasteiger partial charge in [0.05, 0.1) is 9.04 Å². The summed E-state index contributed by atoms with van der Waals surface area (Å²) in [6.45, 7) is 2.74. The lowest BCUT2D eigenvalue weighted by Gasteiger charge is -2.14. The molecule has 1 aromatic heterocycles. The molecule has 0 aliphatic heterocycles. The predicted octanol–water partition coefficient (Wildman–Crippen LogP) is 2.11. The van der Waals surface area contributed by atoms with Crippen LogP contribution in [0, 0.1) is 0 Å². The van der Waals surface area contributed by atoms with Gasteiger partial charge < -0.3 is 5.32 Å². The second kappa shape index (κ2) is 6.67. The molecule has 1 saturated carbocycles.